The van der Waals surface area contributed by atoms with Gasteiger partial charge in [0.25, 0.3) is 11.5 Å². The topological polar surface area (TPSA) is 102 Å². The lowest BCUT2D eigenvalue weighted by molar-refractivity contribution is -0.135. The van der Waals surface area contributed by atoms with Gasteiger partial charge in [0.1, 0.15) is 12.2 Å². The van der Waals surface area contributed by atoms with E-state index in [1.165, 1.54) is 19.2 Å². The molecule has 0 radical (unpaired) electrons. The Balaban J connectivity index is 2.36. The molecule has 1 N–H and O–H groups in total. The number of hydrogen-bond acceptors (Lipinski definition) is 5. The Bertz CT molecular complexity index is 773. The van der Waals surface area contributed by atoms with Crippen molar-refractivity contribution in [2.75, 3.05) is 25.2 Å². The van der Waals surface area contributed by atoms with E-state index >= 15 is 0 Å². The van der Waals surface area contributed by atoms with Crippen molar-refractivity contribution in [3.05, 3.63) is 58.5 Å². The monoisotopic (exact) mass is 331 g/mol. The molecule has 0 bridgehead atoms. The number of rotatable bonds is 7. The first-order chi connectivity index (χ1) is 11.5. The number of aliphatic carboxylic acids is 1. The van der Waals surface area contributed by atoms with Gasteiger partial charge in [-0.2, -0.15) is 5.10 Å². The van der Waals surface area contributed by atoms with Crippen LogP contribution in [0.5, 0.6) is 0 Å². The Kier molecular flexibility index (Phi) is 5.80. The molecule has 2 rings (SSSR count). The summed E-state index contributed by atoms with van der Waals surface area (Å²) in [5, 5.41) is 13.1. The Morgan fingerprint density at radius 1 is 1.21 bits per heavy atom. The van der Waals surface area contributed by atoms with E-state index in [0.29, 0.717) is 5.69 Å². The summed E-state index contributed by atoms with van der Waals surface area (Å²) in [5.74, 6) is -1.75. The van der Waals surface area contributed by atoms with Crippen molar-refractivity contribution < 1.29 is 19.4 Å². The highest BCUT2D eigenvalue weighted by molar-refractivity contribution is 6.06. The molecule has 24 heavy (non-hydrogen) atoms. The molecule has 0 fully saturated rings. The molecular weight excluding hydrogens is 314 g/mol. The van der Waals surface area contributed by atoms with Gasteiger partial charge in [-0.05, 0) is 18.2 Å². The molecule has 126 valence electrons. The van der Waals surface area contributed by atoms with Crippen LogP contribution in [0, 0.1) is 0 Å². The van der Waals surface area contributed by atoms with E-state index in [9.17, 15) is 14.4 Å². The maximum absolute atomic E-state index is 12.7. The third-order valence-electron chi connectivity index (χ3n) is 3.20. The number of hydrogen-bond donors (Lipinski definition) is 1. The Labute approximate surface area is 137 Å². The number of benzene rings is 1. The normalized spacial score (nSPS) is 10.4. The van der Waals surface area contributed by atoms with Crippen molar-refractivity contribution >= 4 is 17.6 Å². The van der Waals surface area contributed by atoms with Gasteiger partial charge in [0.15, 0.2) is 0 Å². The Morgan fingerprint density at radius 2 is 1.92 bits per heavy atom. The molecule has 0 saturated carbocycles. The summed E-state index contributed by atoms with van der Waals surface area (Å²) in [6, 6.07) is 10.9. The van der Waals surface area contributed by atoms with Crippen LogP contribution in [-0.4, -0.2) is 47.0 Å². The molecule has 0 spiro atoms. The summed E-state index contributed by atoms with van der Waals surface area (Å²) < 4.78 is 6.01. The number of carbonyl (C=O) groups excluding carboxylic acids is 1. The van der Waals surface area contributed by atoms with Crippen LogP contribution in [0.1, 0.15) is 10.5 Å². The molecule has 0 atom stereocenters. The zero-order chi connectivity index (χ0) is 17.5. The van der Waals surface area contributed by atoms with E-state index in [0.717, 1.165) is 9.58 Å². The maximum atomic E-state index is 12.7. The van der Waals surface area contributed by atoms with Crippen molar-refractivity contribution in [1.29, 1.82) is 0 Å². The van der Waals surface area contributed by atoms with Crippen LogP contribution in [-0.2, 0) is 16.1 Å². The lowest BCUT2D eigenvalue weighted by atomic mass is 10.2. The van der Waals surface area contributed by atoms with E-state index < -0.39 is 18.4 Å². The van der Waals surface area contributed by atoms with Crippen LogP contribution in [0.25, 0.3) is 0 Å². The molecule has 1 heterocycles. The van der Waals surface area contributed by atoms with Gasteiger partial charge >= 0.3 is 5.97 Å². The molecule has 0 unspecified atom stereocenters. The minimum atomic E-state index is -1.15. The van der Waals surface area contributed by atoms with Crippen molar-refractivity contribution in [2.45, 2.75) is 6.54 Å². The number of amides is 1. The first kappa shape index (κ1) is 17.4. The minimum absolute atomic E-state index is 0.0178. The molecule has 8 nitrogen and oxygen atoms in total. The van der Waals surface area contributed by atoms with Crippen LogP contribution in [0.4, 0.5) is 5.69 Å². The second kappa shape index (κ2) is 8.02. The predicted molar refractivity (Wildman–Crippen MR) is 86.1 cm³/mol. The van der Waals surface area contributed by atoms with Gasteiger partial charge in [-0.15, -0.1) is 0 Å². The van der Waals surface area contributed by atoms with Crippen molar-refractivity contribution in [3.8, 4) is 0 Å². The third-order valence-corrected chi connectivity index (χ3v) is 3.20. The summed E-state index contributed by atoms with van der Waals surface area (Å²) in [5.41, 5.74) is 0.0465. The lowest BCUT2D eigenvalue weighted by Gasteiger charge is -2.20. The summed E-state index contributed by atoms with van der Waals surface area (Å²) in [6.07, 6.45) is 0. The standard InChI is InChI=1S/C16H17N3O5/c1-24-10-9-19-14(20)8-7-13(17-19)16(23)18(11-15(21)22)12-5-3-2-4-6-12/h2-8H,9-11H2,1H3,(H,21,22). The number of carbonyl (C=O) groups is 2. The smallest absolute Gasteiger partial charge is 0.323 e. The molecule has 1 aromatic carbocycles. The molecule has 8 heteroatoms. The average Bonchev–Trinajstić information content (AvgIpc) is 2.59. The van der Waals surface area contributed by atoms with Gasteiger partial charge in [-0.25, -0.2) is 4.68 Å². The second-order valence-electron chi connectivity index (χ2n) is 4.89. The second-order valence-corrected chi connectivity index (χ2v) is 4.89. The van der Waals surface area contributed by atoms with Gasteiger partial charge in [-0.1, -0.05) is 18.2 Å². The Morgan fingerprint density at radius 3 is 2.54 bits per heavy atom. The quantitative estimate of drug-likeness (QED) is 0.798. The number of carboxylic acid groups (broad SMARTS) is 1. The number of methoxy groups -OCH3 is 1. The highest BCUT2D eigenvalue weighted by atomic mass is 16.5. The molecule has 0 aliphatic carbocycles. The van der Waals surface area contributed by atoms with Crippen molar-refractivity contribution in [3.63, 3.8) is 0 Å². The first-order valence-electron chi connectivity index (χ1n) is 7.18. The predicted octanol–water partition coefficient (Wildman–Crippen LogP) is 0.621. The Hall–Kier alpha value is -3.00. The van der Waals surface area contributed by atoms with E-state index in [4.69, 9.17) is 9.84 Å². The summed E-state index contributed by atoms with van der Waals surface area (Å²) in [4.78, 5) is 36.6. The molecule has 2 aromatic rings. The zero-order valence-corrected chi connectivity index (χ0v) is 13.1. The first-order valence-corrected chi connectivity index (χ1v) is 7.18. The highest BCUT2D eigenvalue weighted by Crippen LogP contribution is 2.15. The van der Waals surface area contributed by atoms with Crippen LogP contribution in [0.2, 0.25) is 0 Å². The van der Waals surface area contributed by atoms with Crippen LogP contribution >= 0.6 is 0 Å². The van der Waals surface area contributed by atoms with Crippen LogP contribution in [0.15, 0.2) is 47.3 Å². The molecule has 0 saturated heterocycles. The average molecular weight is 331 g/mol. The lowest BCUT2D eigenvalue weighted by Crippen LogP contribution is -2.37. The number of para-hydroxylation sites is 1. The SMILES string of the molecule is COCCn1nc(C(=O)N(CC(=O)O)c2ccccc2)ccc1=O. The number of ether oxygens (including phenoxy) is 1. The molecular formula is C16H17N3O5. The van der Waals surface area contributed by atoms with Crippen molar-refractivity contribution in [1.82, 2.24) is 9.78 Å². The zero-order valence-electron chi connectivity index (χ0n) is 13.1. The van der Waals surface area contributed by atoms with E-state index in [-0.39, 0.29) is 24.4 Å². The maximum Gasteiger partial charge on any atom is 0.323 e. The van der Waals surface area contributed by atoms with Gasteiger partial charge < -0.3 is 9.84 Å². The number of carboxylic acids is 1. The van der Waals surface area contributed by atoms with Crippen molar-refractivity contribution in [2.24, 2.45) is 0 Å². The fraction of sp³-hybridized carbons (Fsp3) is 0.250. The molecule has 1 aromatic heterocycles. The summed E-state index contributed by atoms with van der Waals surface area (Å²) in [7, 11) is 1.49. The molecule has 1 amide bonds. The van der Waals surface area contributed by atoms with E-state index in [2.05, 4.69) is 5.10 Å². The van der Waals surface area contributed by atoms with Gasteiger partial charge in [0.05, 0.1) is 13.2 Å². The number of nitrogens with zero attached hydrogens (tertiary/aromatic N) is 3. The third kappa shape index (κ3) is 4.26. The highest BCUT2D eigenvalue weighted by Gasteiger charge is 2.22. The number of aromatic nitrogens is 2. The van der Waals surface area contributed by atoms with E-state index in [1.54, 1.807) is 30.3 Å². The van der Waals surface area contributed by atoms with Gasteiger partial charge in [-0.3, -0.25) is 19.3 Å². The fourth-order valence-corrected chi connectivity index (χ4v) is 2.06. The summed E-state index contributed by atoms with van der Waals surface area (Å²) in [6.45, 7) is -0.0511. The van der Waals surface area contributed by atoms with Gasteiger partial charge in [0.2, 0.25) is 0 Å². The minimum Gasteiger partial charge on any atom is -0.480 e. The molecule has 0 aliphatic rings. The van der Waals surface area contributed by atoms with Crippen LogP contribution < -0.4 is 10.5 Å². The van der Waals surface area contributed by atoms with E-state index in [1.807, 2.05) is 0 Å². The van der Waals surface area contributed by atoms with Gasteiger partial charge in [0, 0.05) is 18.9 Å². The largest absolute Gasteiger partial charge is 0.480 e. The number of anilines is 1. The molecule has 0 aliphatic heterocycles. The fourth-order valence-electron chi connectivity index (χ4n) is 2.06. The van der Waals surface area contributed by atoms with Crippen LogP contribution in [0.3, 0.4) is 0 Å². The summed E-state index contributed by atoms with van der Waals surface area (Å²) >= 11 is 0.